The zero-order valence-electron chi connectivity index (χ0n) is 11.4. The monoisotopic (exact) mass is 286 g/mol. The number of nitro benzene ring substituents is 1. The average molecular weight is 286 g/mol. The Morgan fingerprint density at radius 3 is 2.71 bits per heavy atom. The Balaban J connectivity index is 2.14. The van der Waals surface area contributed by atoms with Crippen LogP contribution in [0.4, 0.5) is 17.2 Å². The van der Waals surface area contributed by atoms with Crippen LogP contribution in [0.25, 0.3) is 0 Å². The summed E-state index contributed by atoms with van der Waals surface area (Å²) in [5, 5.41) is 13.6. The first-order valence-corrected chi connectivity index (χ1v) is 6.22. The van der Waals surface area contributed by atoms with Gasteiger partial charge in [-0.05, 0) is 19.1 Å². The average Bonchev–Trinajstić information content (AvgIpc) is 2.42. The predicted molar refractivity (Wildman–Crippen MR) is 78.8 cm³/mol. The quantitative estimate of drug-likeness (QED) is 0.660. The van der Waals surface area contributed by atoms with Crippen molar-refractivity contribution >= 4 is 23.1 Å². The smallest absolute Gasteiger partial charge is 0.273 e. The molecule has 3 N–H and O–H groups in total. The molecule has 0 atom stereocenters. The molecule has 0 spiro atoms. The molecule has 0 saturated heterocycles. The van der Waals surface area contributed by atoms with Gasteiger partial charge in [0, 0.05) is 11.6 Å². The van der Waals surface area contributed by atoms with Crippen LogP contribution < -0.4 is 11.1 Å². The van der Waals surface area contributed by atoms with E-state index in [9.17, 15) is 14.9 Å². The molecule has 108 valence electrons. The summed E-state index contributed by atoms with van der Waals surface area (Å²) in [6, 6.07) is 9.38. The fourth-order valence-corrected chi connectivity index (χ4v) is 1.92. The number of para-hydroxylation sites is 1. The molecule has 1 aromatic carbocycles. The topological polar surface area (TPSA) is 111 Å². The Morgan fingerprint density at radius 2 is 2.05 bits per heavy atom. The number of carbonyl (C=O) groups is 1. The molecule has 0 bridgehead atoms. The minimum Gasteiger partial charge on any atom is -0.384 e. The van der Waals surface area contributed by atoms with E-state index in [2.05, 4.69) is 10.3 Å². The van der Waals surface area contributed by atoms with Crippen molar-refractivity contribution in [2.24, 2.45) is 0 Å². The van der Waals surface area contributed by atoms with Gasteiger partial charge in [-0.1, -0.05) is 18.2 Å². The van der Waals surface area contributed by atoms with E-state index in [1.807, 2.05) is 0 Å². The molecule has 0 fully saturated rings. The van der Waals surface area contributed by atoms with E-state index < -0.39 is 4.92 Å². The van der Waals surface area contributed by atoms with Gasteiger partial charge in [-0.25, -0.2) is 4.98 Å². The summed E-state index contributed by atoms with van der Waals surface area (Å²) in [5.41, 5.74) is 6.95. The highest BCUT2D eigenvalue weighted by atomic mass is 16.6. The first kappa shape index (κ1) is 14.4. The number of hydrogen-bond donors (Lipinski definition) is 2. The maximum absolute atomic E-state index is 12.0. The van der Waals surface area contributed by atoms with Gasteiger partial charge in [0.1, 0.15) is 5.82 Å². The molecule has 0 radical (unpaired) electrons. The molecule has 2 aromatic rings. The SMILES string of the molecule is Cc1nc(N)ccc1NC(=O)Cc1ccccc1[N+](=O)[O-]. The van der Waals surface area contributed by atoms with Crippen LogP contribution in [0.5, 0.6) is 0 Å². The standard InChI is InChI=1S/C14H14N4O3/c1-9-11(6-7-13(15)16-9)17-14(19)8-10-4-2-3-5-12(10)18(20)21/h2-7H,8H2,1H3,(H2,15,16)(H,17,19). The Hall–Kier alpha value is -2.96. The van der Waals surface area contributed by atoms with E-state index in [4.69, 9.17) is 5.73 Å². The first-order valence-electron chi connectivity index (χ1n) is 6.22. The predicted octanol–water partition coefficient (Wildman–Crippen LogP) is 2.06. The number of aryl methyl sites for hydroxylation is 1. The summed E-state index contributed by atoms with van der Waals surface area (Å²) < 4.78 is 0. The van der Waals surface area contributed by atoms with E-state index in [0.29, 0.717) is 22.8 Å². The fraction of sp³-hybridized carbons (Fsp3) is 0.143. The third-order valence-electron chi connectivity index (χ3n) is 2.92. The minimum absolute atomic E-state index is 0.0696. The van der Waals surface area contributed by atoms with Crippen LogP contribution in [0, 0.1) is 17.0 Å². The number of amides is 1. The maximum atomic E-state index is 12.0. The van der Waals surface area contributed by atoms with Crippen LogP contribution in [0.15, 0.2) is 36.4 Å². The molecule has 2 rings (SSSR count). The first-order chi connectivity index (χ1) is 9.97. The van der Waals surface area contributed by atoms with Gasteiger partial charge in [0.15, 0.2) is 0 Å². The van der Waals surface area contributed by atoms with Gasteiger partial charge in [-0.15, -0.1) is 0 Å². The number of aromatic nitrogens is 1. The highest BCUT2D eigenvalue weighted by Gasteiger charge is 2.16. The maximum Gasteiger partial charge on any atom is 0.273 e. The van der Waals surface area contributed by atoms with Crippen LogP contribution in [0.3, 0.4) is 0 Å². The number of nitrogens with two attached hydrogens (primary N) is 1. The van der Waals surface area contributed by atoms with Crippen molar-refractivity contribution in [2.45, 2.75) is 13.3 Å². The largest absolute Gasteiger partial charge is 0.384 e. The molecule has 1 aromatic heterocycles. The zero-order valence-corrected chi connectivity index (χ0v) is 11.4. The third-order valence-corrected chi connectivity index (χ3v) is 2.92. The molecule has 1 amide bonds. The summed E-state index contributed by atoms with van der Waals surface area (Å²) in [6.45, 7) is 1.72. The van der Waals surface area contributed by atoms with Gasteiger partial charge in [0.2, 0.25) is 5.91 Å². The number of benzene rings is 1. The number of nitrogen functional groups attached to an aromatic ring is 1. The summed E-state index contributed by atoms with van der Waals surface area (Å²) in [6.07, 6.45) is -0.0824. The Bertz CT molecular complexity index is 700. The third kappa shape index (κ3) is 3.53. The molecule has 0 aliphatic rings. The minimum atomic E-state index is -0.501. The van der Waals surface area contributed by atoms with E-state index >= 15 is 0 Å². The zero-order chi connectivity index (χ0) is 15.4. The molecule has 1 heterocycles. The molecular formula is C14H14N4O3. The lowest BCUT2D eigenvalue weighted by molar-refractivity contribution is -0.385. The highest BCUT2D eigenvalue weighted by molar-refractivity contribution is 5.93. The number of carbonyl (C=O) groups excluding carboxylic acids is 1. The second-order valence-corrected chi connectivity index (χ2v) is 4.48. The number of nitrogens with zero attached hydrogens (tertiary/aromatic N) is 2. The summed E-state index contributed by atoms with van der Waals surface area (Å²) in [5.74, 6) is 0.0168. The van der Waals surface area contributed by atoms with Gasteiger partial charge in [0.25, 0.3) is 5.69 Å². The number of nitrogens with one attached hydrogen (secondary N) is 1. The van der Waals surface area contributed by atoms with Crippen LogP contribution in [-0.4, -0.2) is 15.8 Å². The Labute approximate surface area is 121 Å². The molecule has 21 heavy (non-hydrogen) atoms. The van der Waals surface area contributed by atoms with Crippen LogP contribution in [-0.2, 0) is 11.2 Å². The summed E-state index contributed by atoms with van der Waals surface area (Å²) >= 11 is 0. The van der Waals surface area contributed by atoms with Crippen molar-refractivity contribution < 1.29 is 9.72 Å². The number of nitro groups is 1. The number of hydrogen-bond acceptors (Lipinski definition) is 5. The van der Waals surface area contributed by atoms with Crippen molar-refractivity contribution in [2.75, 3.05) is 11.1 Å². The van der Waals surface area contributed by atoms with E-state index in [1.165, 1.54) is 6.07 Å². The molecule has 0 saturated carbocycles. The van der Waals surface area contributed by atoms with Crippen LogP contribution in [0.1, 0.15) is 11.3 Å². The lowest BCUT2D eigenvalue weighted by Crippen LogP contribution is -2.16. The molecular weight excluding hydrogens is 272 g/mol. The van der Waals surface area contributed by atoms with Gasteiger partial charge in [-0.3, -0.25) is 14.9 Å². The second-order valence-electron chi connectivity index (χ2n) is 4.48. The van der Waals surface area contributed by atoms with E-state index in [1.54, 1.807) is 37.3 Å². The molecule has 0 aliphatic heterocycles. The molecule has 0 unspecified atom stereocenters. The van der Waals surface area contributed by atoms with Crippen molar-refractivity contribution in [3.63, 3.8) is 0 Å². The Morgan fingerprint density at radius 1 is 1.33 bits per heavy atom. The van der Waals surface area contributed by atoms with E-state index in [0.717, 1.165) is 0 Å². The lowest BCUT2D eigenvalue weighted by atomic mass is 10.1. The van der Waals surface area contributed by atoms with Crippen molar-refractivity contribution in [1.82, 2.24) is 4.98 Å². The number of rotatable bonds is 4. The number of pyridine rings is 1. The summed E-state index contributed by atoms with van der Waals surface area (Å²) in [4.78, 5) is 26.4. The highest BCUT2D eigenvalue weighted by Crippen LogP contribution is 2.19. The van der Waals surface area contributed by atoms with Gasteiger partial charge < -0.3 is 11.1 Å². The van der Waals surface area contributed by atoms with Crippen molar-refractivity contribution in [3.05, 3.63) is 57.8 Å². The molecule has 7 nitrogen and oxygen atoms in total. The van der Waals surface area contributed by atoms with Gasteiger partial charge in [0.05, 0.1) is 22.7 Å². The van der Waals surface area contributed by atoms with Crippen LogP contribution in [0.2, 0.25) is 0 Å². The number of anilines is 2. The van der Waals surface area contributed by atoms with Crippen molar-refractivity contribution in [3.8, 4) is 0 Å². The lowest BCUT2D eigenvalue weighted by Gasteiger charge is -2.08. The molecule has 7 heteroatoms. The van der Waals surface area contributed by atoms with Gasteiger partial charge >= 0.3 is 0 Å². The van der Waals surface area contributed by atoms with Gasteiger partial charge in [-0.2, -0.15) is 0 Å². The van der Waals surface area contributed by atoms with E-state index in [-0.39, 0.29) is 18.0 Å². The fourth-order valence-electron chi connectivity index (χ4n) is 1.92. The summed E-state index contributed by atoms with van der Waals surface area (Å²) in [7, 11) is 0. The second kappa shape index (κ2) is 6.00. The molecule has 0 aliphatic carbocycles. The normalized spacial score (nSPS) is 10.1. The Kier molecular flexibility index (Phi) is 4.13. The van der Waals surface area contributed by atoms with Crippen LogP contribution >= 0.6 is 0 Å². The van der Waals surface area contributed by atoms with Crippen molar-refractivity contribution in [1.29, 1.82) is 0 Å².